The van der Waals surface area contributed by atoms with E-state index in [-0.39, 0.29) is 0 Å². The molecule has 0 saturated carbocycles. The minimum absolute atomic E-state index is 0.324. The Morgan fingerprint density at radius 1 is 1.50 bits per heavy atom. The van der Waals surface area contributed by atoms with Gasteiger partial charge in [-0.1, -0.05) is 0 Å². The second kappa shape index (κ2) is 6.38. The maximum Gasteiger partial charge on any atom is 0.0431 e. The number of rotatable bonds is 5. The van der Waals surface area contributed by atoms with E-state index in [2.05, 4.69) is 11.8 Å². The zero-order valence-corrected chi connectivity index (χ0v) is 9.28. The number of likely N-dealkylation sites (tertiary alicyclic amines) is 1. The van der Waals surface area contributed by atoms with Gasteiger partial charge in [-0.15, -0.1) is 0 Å². The fraction of sp³-hybridized carbons (Fsp3) is 1.00. The van der Waals surface area contributed by atoms with Crippen molar-refractivity contribution in [3.05, 3.63) is 0 Å². The first kappa shape index (κ1) is 12.0. The van der Waals surface area contributed by atoms with Gasteiger partial charge in [-0.25, -0.2) is 0 Å². The minimum atomic E-state index is 0.324. The zero-order valence-electron chi connectivity index (χ0n) is 9.28. The van der Waals surface area contributed by atoms with Crippen molar-refractivity contribution >= 4 is 0 Å². The lowest BCUT2D eigenvalue weighted by atomic mass is 9.92. The van der Waals surface area contributed by atoms with E-state index < -0.39 is 0 Å². The van der Waals surface area contributed by atoms with Crippen LogP contribution >= 0.6 is 0 Å². The Morgan fingerprint density at radius 2 is 2.29 bits per heavy atom. The van der Waals surface area contributed by atoms with Crippen molar-refractivity contribution < 1.29 is 5.11 Å². The highest BCUT2D eigenvalue weighted by Crippen LogP contribution is 2.18. The summed E-state index contributed by atoms with van der Waals surface area (Å²) in [5, 5.41) is 8.70. The van der Waals surface area contributed by atoms with Gasteiger partial charge in [-0.05, 0) is 51.6 Å². The molecule has 2 unspecified atom stereocenters. The topological polar surface area (TPSA) is 49.5 Å². The fourth-order valence-corrected chi connectivity index (χ4v) is 2.17. The SMILES string of the molecule is CC(N)C1CCCN(CCCCO)C1. The molecular formula is C11H24N2O. The van der Waals surface area contributed by atoms with Crippen LogP contribution in [0.3, 0.4) is 0 Å². The van der Waals surface area contributed by atoms with Crippen molar-refractivity contribution in [1.82, 2.24) is 4.90 Å². The van der Waals surface area contributed by atoms with Crippen LogP contribution in [0.25, 0.3) is 0 Å². The highest BCUT2D eigenvalue weighted by atomic mass is 16.2. The number of unbranched alkanes of at least 4 members (excludes halogenated alkanes) is 1. The van der Waals surface area contributed by atoms with Crippen LogP contribution in [-0.2, 0) is 0 Å². The summed E-state index contributed by atoms with van der Waals surface area (Å²) in [6.07, 6.45) is 4.61. The number of aliphatic hydroxyl groups is 1. The van der Waals surface area contributed by atoms with Crippen LogP contribution in [0, 0.1) is 5.92 Å². The number of nitrogens with zero attached hydrogens (tertiary/aromatic N) is 1. The first-order chi connectivity index (χ1) is 6.74. The lowest BCUT2D eigenvalue weighted by molar-refractivity contribution is 0.155. The third-order valence-corrected chi connectivity index (χ3v) is 3.17. The number of aliphatic hydroxyl groups excluding tert-OH is 1. The van der Waals surface area contributed by atoms with Crippen LogP contribution in [-0.4, -0.2) is 42.3 Å². The summed E-state index contributed by atoms with van der Waals surface area (Å²) < 4.78 is 0. The lowest BCUT2D eigenvalue weighted by Crippen LogP contribution is -2.42. The van der Waals surface area contributed by atoms with E-state index in [1.54, 1.807) is 0 Å². The molecule has 3 N–H and O–H groups in total. The summed E-state index contributed by atoms with van der Waals surface area (Å²) in [5.74, 6) is 0.679. The minimum Gasteiger partial charge on any atom is -0.396 e. The molecule has 14 heavy (non-hydrogen) atoms. The predicted octanol–water partition coefficient (Wildman–Crippen LogP) is 0.818. The molecule has 1 aliphatic rings. The van der Waals surface area contributed by atoms with Gasteiger partial charge in [-0.3, -0.25) is 0 Å². The van der Waals surface area contributed by atoms with Gasteiger partial charge in [0.25, 0.3) is 0 Å². The Morgan fingerprint density at radius 3 is 2.93 bits per heavy atom. The van der Waals surface area contributed by atoms with Crippen LogP contribution in [0.15, 0.2) is 0 Å². The monoisotopic (exact) mass is 200 g/mol. The summed E-state index contributed by atoms with van der Waals surface area (Å²) in [5.41, 5.74) is 5.92. The third kappa shape index (κ3) is 3.95. The van der Waals surface area contributed by atoms with Gasteiger partial charge in [0.15, 0.2) is 0 Å². The highest BCUT2D eigenvalue weighted by molar-refractivity contribution is 4.78. The molecule has 0 aliphatic carbocycles. The maximum absolute atomic E-state index is 8.70. The van der Waals surface area contributed by atoms with E-state index >= 15 is 0 Å². The van der Waals surface area contributed by atoms with Crippen molar-refractivity contribution in [2.45, 2.75) is 38.6 Å². The summed E-state index contributed by atoms with van der Waals surface area (Å²) >= 11 is 0. The molecule has 84 valence electrons. The van der Waals surface area contributed by atoms with Crippen molar-refractivity contribution in [3.63, 3.8) is 0 Å². The Bertz CT molecular complexity index is 150. The normalized spacial score (nSPS) is 26.4. The van der Waals surface area contributed by atoms with Gasteiger partial charge in [0, 0.05) is 19.2 Å². The lowest BCUT2D eigenvalue weighted by Gasteiger charge is -2.34. The van der Waals surface area contributed by atoms with E-state index in [4.69, 9.17) is 10.8 Å². The molecule has 3 heteroatoms. The average molecular weight is 200 g/mol. The standard InChI is InChI=1S/C11H24N2O/c1-10(12)11-5-4-7-13(9-11)6-2-3-8-14/h10-11,14H,2-9,12H2,1H3. The summed E-state index contributed by atoms with van der Waals surface area (Å²) in [7, 11) is 0. The molecule has 0 aromatic carbocycles. The number of nitrogens with two attached hydrogens (primary N) is 1. The maximum atomic E-state index is 8.70. The van der Waals surface area contributed by atoms with Crippen molar-refractivity contribution in [3.8, 4) is 0 Å². The highest BCUT2D eigenvalue weighted by Gasteiger charge is 2.21. The second-order valence-corrected chi connectivity index (χ2v) is 4.49. The number of hydrogen-bond acceptors (Lipinski definition) is 3. The molecule has 0 aromatic rings. The molecule has 0 spiro atoms. The molecule has 1 fully saturated rings. The smallest absolute Gasteiger partial charge is 0.0431 e. The van der Waals surface area contributed by atoms with E-state index in [0.717, 1.165) is 25.9 Å². The molecule has 1 rings (SSSR count). The van der Waals surface area contributed by atoms with Gasteiger partial charge >= 0.3 is 0 Å². The van der Waals surface area contributed by atoms with Gasteiger partial charge in [-0.2, -0.15) is 0 Å². The molecule has 0 bridgehead atoms. The number of piperidine rings is 1. The molecule has 0 aromatic heterocycles. The van der Waals surface area contributed by atoms with Crippen LogP contribution in [0.2, 0.25) is 0 Å². The Hall–Kier alpha value is -0.120. The van der Waals surface area contributed by atoms with E-state index in [0.29, 0.717) is 18.6 Å². The molecule has 0 amide bonds. The number of hydrogen-bond donors (Lipinski definition) is 2. The first-order valence-electron chi connectivity index (χ1n) is 5.83. The Balaban J connectivity index is 2.19. The summed E-state index contributed by atoms with van der Waals surface area (Å²) in [4.78, 5) is 2.49. The first-order valence-corrected chi connectivity index (χ1v) is 5.83. The van der Waals surface area contributed by atoms with E-state index in [1.165, 1.54) is 19.4 Å². The quantitative estimate of drug-likeness (QED) is 0.646. The molecule has 0 radical (unpaired) electrons. The third-order valence-electron chi connectivity index (χ3n) is 3.17. The molecule has 1 saturated heterocycles. The van der Waals surface area contributed by atoms with E-state index in [9.17, 15) is 0 Å². The van der Waals surface area contributed by atoms with E-state index in [1.807, 2.05) is 0 Å². The van der Waals surface area contributed by atoms with Crippen molar-refractivity contribution in [2.75, 3.05) is 26.2 Å². The van der Waals surface area contributed by atoms with Crippen molar-refractivity contribution in [1.29, 1.82) is 0 Å². The average Bonchev–Trinajstić information content (AvgIpc) is 2.19. The zero-order chi connectivity index (χ0) is 10.4. The molecule has 1 heterocycles. The van der Waals surface area contributed by atoms with Gasteiger partial charge in [0.2, 0.25) is 0 Å². The molecular weight excluding hydrogens is 176 g/mol. The van der Waals surface area contributed by atoms with Crippen LogP contribution in [0.4, 0.5) is 0 Å². The van der Waals surface area contributed by atoms with Crippen LogP contribution in [0.5, 0.6) is 0 Å². The Kier molecular flexibility index (Phi) is 5.45. The molecule has 2 atom stereocenters. The largest absolute Gasteiger partial charge is 0.396 e. The van der Waals surface area contributed by atoms with Gasteiger partial charge in [0.05, 0.1) is 0 Å². The van der Waals surface area contributed by atoms with Gasteiger partial charge < -0.3 is 15.7 Å². The van der Waals surface area contributed by atoms with Gasteiger partial charge in [0.1, 0.15) is 0 Å². The fourth-order valence-electron chi connectivity index (χ4n) is 2.17. The van der Waals surface area contributed by atoms with Crippen LogP contribution in [0.1, 0.15) is 32.6 Å². The van der Waals surface area contributed by atoms with Crippen LogP contribution < -0.4 is 5.73 Å². The molecule has 3 nitrogen and oxygen atoms in total. The second-order valence-electron chi connectivity index (χ2n) is 4.49. The molecule has 1 aliphatic heterocycles. The summed E-state index contributed by atoms with van der Waals surface area (Å²) in [6.45, 7) is 5.94. The van der Waals surface area contributed by atoms with Crippen molar-refractivity contribution in [2.24, 2.45) is 11.7 Å². The summed E-state index contributed by atoms with van der Waals surface area (Å²) in [6, 6.07) is 0.329. The predicted molar refractivity (Wildman–Crippen MR) is 59.1 cm³/mol. The Labute approximate surface area is 87.3 Å².